The van der Waals surface area contributed by atoms with Crippen molar-refractivity contribution in [3.8, 4) is 5.75 Å². The number of nitrogens with one attached hydrogen (secondary N) is 1. The molecule has 0 aliphatic rings. The first kappa shape index (κ1) is 14.6. The number of benzene rings is 1. The molecule has 0 fully saturated rings. The Balaban J connectivity index is 2.07. The monoisotopic (exact) mass is 289 g/mol. The molecule has 1 aromatic heterocycles. The molecular weight excluding hydrogens is 274 g/mol. The molecule has 0 spiro atoms. The van der Waals surface area contributed by atoms with Crippen LogP contribution >= 0.6 is 0 Å². The molecule has 0 saturated heterocycles. The van der Waals surface area contributed by atoms with E-state index in [-0.39, 0.29) is 17.9 Å². The molecule has 2 aromatic rings. The third-order valence-electron chi connectivity index (χ3n) is 2.92. The van der Waals surface area contributed by atoms with Crippen molar-refractivity contribution in [2.75, 3.05) is 0 Å². The largest absolute Gasteiger partial charge is 0.508 e. The van der Waals surface area contributed by atoms with E-state index in [0.717, 1.165) is 0 Å². The summed E-state index contributed by atoms with van der Waals surface area (Å²) in [7, 11) is 1.72. The van der Waals surface area contributed by atoms with Crippen molar-refractivity contribution in [3.05, 3.63) is 48.0 Å². The Kier molecular flexibility index (Phi) is 4.22. The second-order valence-corrected chi connectivity index (χ2v) is 4.66. The lowest BCUT2D eigenvalue weighted by molar-refractivity contribution is -0.139. The molecular formula is C14H15N3O4. The molecule has 2 rings (SSSR count). The number of carbonyl (C=O) groups excluding carboxylic acids is 1. The van der Waals surface area contributed by atoms with E-state index in [1.54, 1.807) is 23.7 Å². The molecule has 1 amide bonds. The summed E-state index contributed by atoms with van der Waals surface area (Å²) in [6.45, 7) is 0. The van der Waals surface area contributed by atoms with Gasteiger partial charge in [0.25, 0.3) is 5.91 Å². The van der Waals surface area contributed by atoms with E-state index in [4.69, 9.17) is 0 Å². The quantitative estimate of drug-likeness (QED) is 0.745. The SMILES string of the molecule is Cn1cnc(C(=O)N[C@H](Cc2ccc(O)cc2)C(=O)O)c1. The normalized spacial score (nSPS) is 11.9. The summed E-state index contributed by atoms with van der Waals surface area (Å²) in [4.78, 5) is 27.1. The van der Waals surface area contributed by atoms with Crippen LogP contribution in [0.4, 0.5) is 0 Å². The smallest absolute Gasteiger partial charge is 0.326 e. The Morgan fingerprint density at radius 2 is 2.00 bits per heavy atom. The number of phenols is 1. The van der Waals surface area contributed by atoms with Gasteiger partial charge in [-0.2, -0.15) is 0 Å². The van der Waals surface area contributed by atoms with Crippen LogP contribution in [0.1, 0.15) is 16.1 Å². The van der Waals surface area contributed by atoms with Crippen LogP contribution in [-0.4, -0.2) is 37.7 Å². The van der Waals surface area contributed by atoms with Crippen LogP contribution in [0.3, 0.4) is 0 Å². The van der Waals surface area contributed by atoms with Crippen LogP contribution in [-0.2, 0) is 18.3 Å². The number of aromatic nitrogens is 2. The van der Waals surface area contributed by atoms with Crippen LogP contribution in [0.5, 0.6) is 5.75 Å². The highest BCUT2D eigenvalue weighted by atomic mass is 16.4. The van der Waals surface area contributed by atoms with Crippen molar-refractivity contribution >= 4 is 11.9 Å². The lowest BCUT2D eigenvalue weighted by Gasteiger charge is -2.13. The van der Waals surface area contributed by atoms with Crippen LogP contribution < -0.4 is 5.32 Å². The summed E-state index contributed by atoms with van der Waals surface area (Å²) in [5.74, 6) is -1.57. The number of carboxylic acid groups (broad SMARTS) is 1. The Morgan fingerprint density at radius 3 is 2.52 bits per heavy atom. The average molecular weight is 289 g/mol. The van der Waals surface area contributed by atoms with Crippen LogP contribution in [0.25, 0.3) is 0 Å². The second-order valence-electron chi connectivity index (χ2n) is 4.66. The zero-order valence-corrected chi connectivity index (χ0v) is 11.4. The van der Waals surface area contributed by atoms with Gasteiger partial charge < -0.3 is 20.1 Å². The van der Waals surface area contributed by atoms with Crippen molar-refractivity contribution in [2.24, 2.45) is 7.05 Å². The minimum absolute atomic E-state index is 0.100. The number of aliphatic carboxylic acids is 1. The third-order valence-corrected chi connectivity index (χ3v) is 2.92. The van der Waals surface area contributed by atoms with Gasteiger partial charge in [0.2, 0.25) is 0 Å². The maximum absolute atomic E-state index is 11.9. The van der Waals surface area contributed by atoms with Crippen molar-refractivity contribution < 1.29 is 19.8 Å². The van der Waals surface area contributed by atoms with Crippen LogP contribution in [0, 0.1) is 0 Å². The number of carbonyl (C=O) groups is 2. The number of amides is 1. The number of carboxylic acids is 1. The van der Waals surface area contributed by atoms with Gasteiger partial charge in [-0.25, -0.2) is 9.78 Å². The number of imidazole rings is 1. The van der Waals surface area contributed by atoms with Crippen molar-refractivity contribution in [1.82, 2.24) is 14.9 Å². The van der Waals surface area contributed by atoms with Crippen molar-refractivity contribution in [1.29, 1.82) is 0 Å². The van der Waals surface area contributed by atoms with Gasteiger partial charge in [0.1, 0.15) is 17.5 Å². The number of nitrogens with zero attached hydrogens (tertiary/aromatic N) is 2. The number of aromatic hydroxyl groups is 1. The molecule has 0 aliphatic heterocycles. The van der Waals surface area contributed by atoms with Crippen LogP contribution in [0.2, 0.25) is 0 Å². The van der Waals surface area contributed by atoms with E-state index < -0.39 is 17.9 Å². The predicted octanol–water partition coefficient (Wildman–Crippen LogP) is 0.551. The fourth-order valence-electron chi connectivity index (χ4n) is 1.83. The van der Waals surface area contributed by atoms with Gasteiger partial charge in [-0.3, -0.25) is 4.79 Å². The molecule has 0 aliphatic carbocycles. The highest BCUT2D eigenvalue weighted by Crippen LogP contribution is 2.11. The number of rotatable bonds is 5. The molecule has 21 heavy (non-hydrogen) atoms. The zero-order valence-electron chi connectivity index (χ0n) is 11.4. The number of aryl methyl sites for hydroxylation is 1. The van der Waals surface area contributed by atoms with Gasteiger partial charge in [-0.05, 0) is 17.7 Å². The van der Waals surface area contributed by atoms with Gasteiger partial charge >= 0.3 is 5.97 Å². The molecule has 0 radical (unpaired) electrons. The van der Waals surface area contributed by atoms with Gasteiger partial charge in [-0.1, -0.05) is 12.1 Å². The minimum Gasteiger partial charge on any atom is -0.508 e. The van der Waals surface area contributed by atoms with E-state index in [0.29, 0.717) is 5.56 Å². The van der Waals surface area contributed by atoms with Gasteiger partial charge in [0.15, 0.2) is 0 Å². The molecule has 110 valence electrons. The molecule has 3 N–H and O–H groups in total. The highest BCUT2D eigenvalue weighted by molar-refractivity contribution is 5.94. The third kappa shape index (κ3) is 3.82. The molecule has 1 aromatic carbocycles. The maximum Gasteiger partial charge on any atom is 0.326 e. The molecule has 0 saturated carbocycles. The van der Waals surface area contributed by atoms with Crippen molar-refractivity contribution in [3.63, 3.8) is 0 Å². The fourth-order valence-corrected chi connectivity index (χ4v) is 1.83. The minimum atomic E-state index is -1.13. The summed E-state index contributed by atoms with van der Waals surface area (Å²) in [5, 5.41) is 20.8. The second kappa shape index (κ2) is 6.08. The summed E-state index contributed by atoms with van der Waals surface area (Å²) in [6.07, 6.45) is 3.09. The first-order chi connectivity index (χ1) is 9.95. The fraction of sp³-hybridized carbons (Fsp3) is 0.214. The van der Waals surface area contributed by atoms with E-state index >= 15 is 0 Å². The molecule has 1 atom stereocenters. The van der Waals surface area contributed by atoms with Crippen LogP contribution in [0.15, 0.2) is 36.8 Å². The Bertz CT molecular complexity index is 648. The maximum atomic E-state index is 11.9. The van der Waals surface area contributed by atoms with Gasteiger partial charge in [0.05, 0.1) is 6.33 Å². The zero-order chi connectivity index (χ0) is 15.4. The number of hydrogen-bond acceptors (Lipinski definition) is 4. The molecule has 0 unspecified atom stereocenters. The first-order valence-electron chi connectivity index (χ1n) is 6.25. The molecule has 1 heterocycles. The summed E-state index contributed by atoms with van der Waals surface area (Å²) >= 11 is 0. The summed E-state index contributed by atoms with van der Waals surface area (Å²) < 4.78 is 1.60. The molecule has 7 heteroatoms. The molecule has 0 bridgehead atoms. The molecule has 7 nitrogen and oxygen atoms in total. The highest BCUT2D eigenvalue weighted by Gasteiger charge is 2.22. The van der Waals surface area contributed by atoms with E-state index in [9.17, 15) is 19.8 Å². The predicted molar refractivity (Wildman–Crippen MR) is 73.9 cm³/mol. The standard InChI is InChI=1S/C14H15N3O4/c1-17-7-12(15-8-17)13(19)16-11(14(20)21)6-9-2-4-10(18)5-3-9/h2-5,7-8,11,18H,6H2,1H3,(H,16,19)(H,20,21)/t11-/m1/s1. The average Bonchev–Trinajstić information content (AvgIpc) is 2.87. The Hall–Kier alpha value is -2.83. The van der Waals surface area contributed by atoms with E-state index in [2.05, 4.69) is 10.3 Å². The number of phenolic OH excluding ortho intramolecular Hbond substituents is 1. The van der Waals surface area contributed by atoms with Crippen molar-refractivity contribution in [2.45, 2.75) is 12.5 Å². The Morgan fingerprint density at radius 1 is 1.33 bits per heavy atom. The van der Waals surface area contributed by atoms with E-state index in [1.807, 2.05) is 0 Å². The lowest BCUT2D eigenvalue weighted by atomic mass is 10.1. The summed E-state index contributed by atoms with van der Waals surface area (Å²) in [6, 6.07) is 5.09. The van der Waals surface area contributed by atoms with E-state index in [1.165, 1.54) is 24.7 Å². The topological polar surface area (TPSA) is 104 Å². The number of hydrogen-bond donors (Lipinski definition) is 3. The first-order valence-corrected chi connectivity index (χ1v) is 6.25. The Labute approximate surface area is 120 Å². The lowest BCUT2D eigenvalue weighted by Crippen LogP contribution is -2.42. The van der Waals surface area contributed by atoms with Gasteiger partial charge in [-0.15, -0.1) is 0 Å². The summed E-state index contributed by atoms with van der Waals surface area (Å²) in [5.41, 5.74) is 0.857. The van der Waals surface area contributed by atoms with Gasteiger partial charge in [0, 0.05) is 19.7 Å².